The molecule has 1 N–H and O–H groups in total. The molecule has 5 heteroatoms. The van der Waals surface area contributed by atoms with Crippen LogP contribution in [0.15, 0.2) is 4.52 Å². The van der Waals surface area contributed by atoms with Crippen molar-refractivity contribution in [2.45, 2.75) is 44.8 Å². The summed E-state index contributed by atoms with van der Waals surface area (Å²) in [5.74, 6) is 1.02. The fraction of sp³-hybridized carbons (Fsp3) is 0.818. The molecule has 2 heterocycles. The Hall–Kier alpha value is -0.940. The molecule has 16 heavy (non-hydrogen) atoms. The van der Waals surface area contributed by atoms with Crippen LogP contribution in [0.25, 0.3) is 0 Å². The van der Waals surface area contributed by atoms with Crippen LogP contribution in [0.2, 0.25) is 0 Å². The van der Waals surface area contributed by atoms with E-state index < -0.39 is 6.10 Å². The second-order valence-corrected chi connectivity index (χ2v) is 4.56. The fourth-order valence-electron chi connectivity index (χ4n) is 2.13. The summed E-state index contributed by atoms with van der Waals surface area (Å²) in [7, 11) is 2.14. The zero-order valence-corrected chi connectivity index (χ0v) is 9.89. The lowest BCUT2D eigenvalue weighted by Crippen LogP contribution is -2.37. The number of aliphatic hydroxyl groups excluding tert-OH is 1. The Balaban J connectivity index is 1.97. The van der Waals surface area contributed by atoms with Gasteiger partial charge in [0.05, 0.1) is 0 Å². The van der Waals surface area contributed by atoms with Crippen molar-refractivity contribution >= 4 is 0 Å². The number of likely N-dealkylation sites (tertiary alicyclic amines) is 1. The van der Waals surface area contributed by atoms with Crippen molar-refractivity contribution in [3.63, 3.8) is 0 Å². The maximum Gasteiger partial charge on any atom is 0.255 e. The van der Waals surface area contributed by atoms with Crippen molar-refractivity contribution in [3.8, 4) is 0 Å². The van der Waals surface area contributed by atoms with Crippen molar-refractivity contribution in [1.29, 1.82) is 0 Å². The maximum absolute atomic E-state index is 9.29. The Kier molecular flexibility index (Phi) is 3.56. The third kappa shape index (κ3) is 2.59. The highest BCUT2D eigenvalue weighted by Gasteiger charge is 2.22. The van der Waals surface area contributed by atoms with E-state index in [4.69, 9.17) is 4.52 Å². The van der Waals surface area contributed by atoms with E-state index in [-0.39, 0.29) is 0 Å². The quantitative estimate of drug-likeness (QED) is 0.836. The van der Waals surface area contributed by atoms with Gasteiger partial charge >= 0.3 is 0 Å². The molecular weight excluding hydrogens is 206 g/mol. The molecule has 2 atom stereocenters. The minimum Gasteiger partial charge on any atom is -0.384 e. The molecule has 0 aromatic carbocycles. The van der Waals surface area contributed by atoms with E-state index in [2.05, 4.69) is 22.1 Å². The molecule has 0 amide bonds. The minimum absolute atomic E-state index is 0.313. The molecule has 0 spiro atoms. The van der Waals surface area contributed by atoms with Crippen LogP contribution in [-0.2, 0) is 6.42 Å². The molecule has 1 saturated heterocycles. The van der Waals surface area contributed by atoms with Gasteiger partial charge in [0.15, 0.2) is 5.82 Å². The first-order chi connectivity index (χ1) is 7.66. The molecule has 0 bridgehead atoms. The third-order valence-corrected chi connectivity index (χ3v) is 3.18. The molecule has 1 aliphatic rings. The lowest BCUT2D eigenvalue weighted by Gasteiger charge is -2.31. The SMILES string of the molecule is CC(O)c1nc(CC2CCCCN2C)no1. The summed E-state index contributed by atoms with van der Waals surface area (Å²) in [5, 5.41) is 13.2. The first-order valence-electron chi connectivity index (χ1n) is 5.87. The van der Waals surface area contributed by atoms with Crippen LogP contribution < -0.4 is 0 Å². The van der Waals surface area contributed by atoms with Gasteiger partial charge in [0.1, 0.15) is 6.10 Å². The highest BCUT2D eigenvalue weighted by Crippen LogP contribution is 2.18. The number of likely N-dealkylation sites (N-methyl/N-ethyl adjacent to an activating group) is 1. The molecule has 1 fully saturated rings. The largest absolute Gasteiger partial charge is 0.384 e. The summed E-state index contributed by atoms with van der Waals surface area (Å²) in [4.78, 5) is 6.53. The van der Waals surface area contributed by atoms with Crippen molar-refractivity contribution in [2.75, 3.05) is 13.6 Å². The molecule has 2 rings (SSSR count). The predicted molar refractivity (Wildman–Crippen MR) is 58.9 cm³/mol. The van der Waals surface area contributed by atoms with Crippen LogP contribution in [0.4, 0.5) is 0 Å². The van der Waals surface area contributed by atoms with E-state index in [1.54, 1.807) is 6.92 Å². The topological polar surface area (TPSA) is 62.4 Å². The number of rotatable bonds is 3. The maximum atomic E-state index is 9.29. The monoisotopic (exact) mass is 225 g/mol. The summed E-state index contributed by atoms with van der Waals surface area (Å²) in [6.07, 6.45) is 3.88. The number of nitrogens with zero attached hydrogens (tertiary/aromatic N) is 3. The summed E-state index contributed by atoms with van der Waals surface area (Å²) in [6.45, 7) is 2.77. The van der Waals surface area contributed by atoms with Crippen LogP contribution in [0, 0.1) is 0 Å². The van der Waals surface area contributed by atoms with Gasteiger partial charge in [0.2, 0.25) is 0 Å². The number of aromatic nitrogens is 2. The second-order valence-electron chi connectivity index (χ2n) is 4.56. The van der Waals surface area contributed by atoms with Gasteiger partial charge in [-0.3, -0.25) is 0 Å². The first kappa shape index (κ1) is 11.5. The number of hydrogen-bond donors (Lipinski definition) is 1. The zero-order valence-electron chi connectivity index (χ0n) is 9.89. The molecule has 90 valence electrons. The zero-order chi connectivity index (χ0) is 11.5. The standard InChI is InChI=1S/C11H19N3O2/c1-8(15)11-12-10(13-16-11)7-9-5-3-4-6-14(9)2/h8-9,15H,3-7H2,1-2H3. The van der Waals surface area contributed by atoms with Gasteiger partial charge in [-0.25, -0.2) is 0 Å². The Labute approximate surface area is 95.4 Å². The Morgan fingerprint density at radius 2 is 2.38 bits per heavy atom. The van der Waals surface area contributed by atoms with E-state index in [9.17, 15) is 5.11 Å². The van der Waals surface area contributed by atoms with Crippen molar-refractivity contribution < 1.29 is 9.63 Å². The Morgan fingerprint density at radius 3 is 3.00 bits per heavy atom. The molecule has 1 aromatic heterocycles. The van der Waals surface area contributed by atoms with E-state index in [0.717, 1.165) is 13.0 Å². The van der Waals surface area contributed by atoms with Crippen molar-refractivity contribution in [2.24, 2.45) is 0 Å². The predicted octanol–water partition coefficient (Wildman–Crippen LogP) is 1.15. The molecular formula is C11H19N3O2. The van der Waals surface area contributed by atoms with Gasteiger partial charge < -0.3 is 14.5 Å². The highest BCUT2D eigenvalue weighted by molar-refractivity contribution is 4.93. The smallest absolute Gasteiger partial charge is 0.255 e. The summed E-state index contributed by atoms with van der Waals surface area (Å²) < 4.78 is 4.97. The van der Waals surface area contributed by atoms with Gasteiger partial charge in [-0.05, 0) is 33.4 Å². The molecule has 1 aliphatic heterocycles. The average molecular weight is 225 g/mol. The molecule has 0 aliphatic carbocycles. The summed E-state index contributed by atoms with van der Waals surface area (Å²) >= 11 is 0. The second kappa shape index (κ2) is 4.93. The van der Waals surface area contributed by atoms with Gasteiger partial charge in [-0.2, -0.15) is 4.98 Å². The first-order valence-corrected chi connectivity index (χ1v) is 5.87. The molecule has 2 unspecified atom stereocenters. The number of hydrogen-bond acceptors (Lipinski definition) is 5. The van der Waals surface area contributed by atoms with Crippen LogP contribution >= 0.6 is 0 Å². The van der Waals surface area contributed by atoms with E-state index in [0.29, 0.717) is 17.8 Å². The van der Waals surface area contributed by atoms with Crippen molar-refractivity contribution in [1.82, 2.24) is 15.0 Å². The molecule has 5 nitrogen and oxygen atoms in total. The fourth-order valence-corrected chi connectivity index (χ4v) is 2.13. The van der Waals surface area contributed by atoms with Crippen LogP contribution in [0.5, 0.6) is 0 Å². The minimum atomic E-state index is -0.676. The average Bonchev–Trinajstić information content (AvgIpc) is 2.70. The van der Waals surface area contributed by atoms with Gasteiger partial charge in [0, 0.05) is 12.5 Å². The lowest BCUT2D eigenvalue weighted by molar-refractivity contribution is 0.151. The molecule has 1 aromatic rings. The lowest BCUT2D eigenvalue weighted by atomic mass is 10.00. The van der Waals surface area contributed by atoms with E-state index >= 15 is 0 Å². The summed E-state index contributed by atoms with van der Waals surface area (Å²) in [5.41, 5.74) is 0. The summed E-state index contributed by atoms with van der Waals surface area (Å²) in [6, 6.07) is 0.508. The van der Waals surface area contributed by atoms with E-state index in [1.165, 1.54) is 19.3 Å². The van der Waals surface area contributed by atoms with Crippen LogP contribution in [0.3, 0.4) is 0 Å². The normalized spacial score (nSPS) is 24.6. The Morgan fingerprint density at radius 1 is 1.56 bits per heavy atom. The Bertz CT molecular complexity index is 338. The van der Waals surface area contributed by atoms with Gasteiger partial charge in [-0.1, -0.05) is 11.6 Å². The van der Waals surface area contributed by atoms with Crippen LogP contribution in [0.1, 0.15) is 44.0 Å². The number of piperidine rings is 1. The van der Waals surface area contributed by atoms with E-state index in [1.807, 2.05) is 0 Å². The molecule has 0 radical (unpaired) electrons. The van der Waals surface area contributed by atoms with Crippen molar-refractivity contribution in [3.05, 3.63) is 11.7 Å². The highest BCUT2D eigenvalue weighted by atomic mass is 16.5. The number of aliphatic hydroxyl groups is 1. The molecule has 0 saturated carbocycles. The van der Waals surface area contributed by atoms with Crippen LogP contribution in [-0.4, -0.2) is 39.8 Å². The third-order valence-electron chi connectivity index (χ3n) is 3.18. The van der Waals surface area contributed by atoms with Gasteiger partial charge in [0.25, 0.3) is 5.89 Å². The van der Waals surface area contributed by atoms with Gasteiger partial charge in [-0.15, -0.1) is 0 Å².